The Morgan fingerprint density at radius 2 is 1.88 bits per heavy atom. The van der Waals surface area contributed by atoms with E-state index in [0.717, 1.165) is 78.7 Å². The number of hydrogen-bond donors (Lipinski definition) is 0. The van der Waals surface area contributed by atoms with E-state index in [1.807, 2.05) is 42.1 Å². The summed E-state index contributed by atoms with van der Waals surface area (Å²) in [6, 6.07) is 14.2. The van der Waals surface area contributed by atoms with Crippen LogP contribution in [0.2, 0.25) is 0 Å². The maximum Gasteiger partial charge on any atom is 0.332 e. The Bertz CT molecular complexity index is 925. The third-order valence-electron chi connectivity index (χ3n) is 8.13. The summed E-state index contributed by atoms with van der Waals surface area (Å²) in [5.41, 5.74) is -0.685. The monoisotopic (exact) mass is 501 g/mol. The first-order valence-corrected chi connectivity index (χ1v) is 14.7. The second-order valence-corrected chi connectivity index (χ2v) is 12.3. The maximum absolute atomic E-state index is 13.8. The van der Waals surface area contributed by atoms with E-state index in [4.69, 9.17) is 9.47 Å². The SMILES string of the molecule is CC(C(=O)O[C@H]1C[N+]2(CCCOc3ccccc3)CCC1CC2)(c1cccs1)N1CCSCC1. The number of ether oxygens (including phenoxy) is 2. The van der Waals surface area contributed by atoms with E-state index < -0.39 is 5.54 Å². The van der Waals surface area contributed by atoms with E-state index in [2.05, 4.69) is 29.3 Å². The summed E-state index contributed by atoms with van der Waals surface area (Å²) in [6.07, 6.45) is 3.38. The lowest BCUT2D eigenvalue weighted by Gasteiger charge is -2.52. The van der Waals surface area contributed by atoms with Crippen molar-refractivity contribution in [1.29, 1.82) is 0 Å². The minimum atomic E-state index is -0.685. The molecule has 4 saturated heterocycles. The molecule has 1 aromatic heterocycles. The molecular weight excluding hydrogens is 464 g/mol. The quantitative estimate of drug-likeness (QED) is 0.285. The van der Waals surface area contributed by atoms with E-state index >= 15 is 0 Å². The van der Waals surface area contributed by atoms with Crippen molar-refractivity contribution in [3.63, 3.8) is 0 Å². The van der Waals surface area contributed by atoms with E-state index in [0.29, 0.717) is 5.92 Å². The Labute approximate surface area is 212 Å². The van der Waals surface area contributed by atoms with Gasteiger partial charge in [-0.3, -0.25) is 4.90 Å². The fourth-order valence-corrected chi connectivity index (χ4v) is 7.79. The number of para-hydroxylation sites is 1. The Kier molecular flexibility index (Phi) is 7.54. The molecule has 0 aliphatic carbocycles. The maximum atomic E-state index is 13.8. The topological polar surface area (TPSA) is 38.8 Å². The normalized spacial score (nSPS) is 28.9. The van der Waals surface area contributed by atoms with Crippen LogP contribution < -0.4 is 4.74 Å². The van der Waals surface area contributed by atoms with Gasteiger partial charge in [-0.1, -0.05) is 24.3 Å². The van der Waals surface area contributed by atoms with Crippen molar-refractivity contribution >= 4 is 29.1 Å². The number of hydrogen-bond acceptors (Lipinski definition) is 6. The molecule has 2 aromatic rings. The van der Waals surface area contributed by atoms with Crippen LogP contribution in [0, 0.1) is 5.92 Å². The van der Waals surface area contributed by atoms with Crippen molar-refractivity contribution in [2.45, 2.75) is 37.8 Å². The molecule has 5 heterocycles. The van der Waals surface area contributed by atoms with Crippen molar-refractivity contribution in [2.24, 2.45) is 5.92 Å². The average molecular weight is 502 g/mol. The van der Waals surface area contributed by atoms with Gasteiger partial charge < -0.3 is 14.0 Å². The van der Waals surface area contributed by atoms with E-state index in [1.165, 1.54) is 13.1 Å². The largest absolute Gasteiger partial charge is 0.493 e. The number of quaternary nitrogens is 1. The molecule has 0 N–H and O–H groups in total. The summed E-state index contributed by atoms with van der Waals surface area (Å²) in [6.45, 7) is 9.15. The number of esters is 1. The third-order valence-corrected chi connectivity index (χ3v) is 10.2. The van der Waals surface area contributed by atoms with Crippen LogP contribution in [0.25, 0.3) is 0 Å². The summed E-state index contributed by atoms with van der Waals surface area (Å²) in [4.78, 5) is 17.3. The number of fused-ring (bicyclic) bond motifs is 3. The molecule has 6 rings (SSSR count). The van der Waals surface area contributed by atoms with Crippen molar-refractivity contribution in [3.05, 3.63) is 52.7 Å². The molecule has 4 aliphatic rings. The zero-order chi connectivity index (χ0) is 23.4. The minimum absolute atomic E-state index is 0.0310. The first-order chi connectivity index (χ1) is 16.6. The summed E-state index contributed by atoms with van der Waals surface area (Å²) in [5, 5.41) is 2.07. The average Bonchev–Trinajstić information content (AvgIpc) is 3.44. The van der Waals surface area contributed by atoms with Gasteiger partial charge in [0.1, 0.15) is 12.3 Å². The molecular formula is C27H37N2O3S2+. The number of rotatable bonds is 9. The molecule has 4 fully saturated rings. The van der Waals surface area contributed by atoms with Gasteiger partial charge in [0, 0.05) is 54.7 Å². The Hall–Kier alpha value is -1.54. The number of carbonyl (C=O) groups is 1. The van der Waals surface area contributed by atoms with Gasteiger partial charge in [-0.25, -0.2) is 4.79 Å². The summed E-state index contributed by atoms with van der Waals surface area (Å²) in [5.74, 6) is 3.55. The van der Waals surface area contributed by atoms with Crippen LogP contribution in [-0.4, -0.2) is 78.8 Å². The molecule has 1 aromatic carbocycles. The lowest BCUT2D eigenvalue weighted by molar-refractivity contribution is -0.946. The zero-order valence-electron chi connectivity index (χ0n) is 20.2. The number of carbonyl (C=O) groups excluding carboxylic acids is 1. The van der Waals surface area contributed by atoms with Crippen LogP contribution in [0.15, 0.2) is 47.8 Å². The standard InChI is InChI=1S/C27H37N2O3S2/c1-27(25-9-5-18-34-25,28-12-19-33-20-13-28)26(30)32-24-21-29(15-10-22(24)11-16-29)14-6-17-31-23-7-3-2-4-8-23/h2-5,7-9,18,22,24H,6,10-17,19-21H2,1H3/q+1/t22?,24-,27?,29?/m0/s1. The molecule has 0 amide bonds. The van der Waals surface area contributed by atoms with Crippen LogP contribution in [0.1, 0.15) is 31.1 Å². The van der Waals surface area contributed by atoms with Crippen LogP contribution in [-0.2, 0) is 15.1 Å². The van der Waals surface area contributed by atoms with Crippen LogP contribution in [0.5, 0.6) is 5.75 Å². The molecule has 34 heavy (non-hydrogen) atoms. The molecule has 1 unspecified atom stereocenters. The van der Waals surface area contributed by atoms with Crippen LogP contribution >= 0.6 is 23.1 Å². The van der Waals surface area contributed by atoms with Crippen LogP contribution in [0.3, 0.4) is 0 Å². The molecule has 5 nitrogen and oxygen atoms in total. The van der Waals surface area contributed by atoms with E-state index in [1.54, 1.807) is 11.3 Å². The predicted molar refractivity (Wildman–Crippen MR) is 139 cm³/mol. The Balaban J connectivity index is 1.22. The second-order valence-electron chi connectivity index (χ2n) is 10.1. The minimum Gasteiger partial charge on any atom is -0.493 e. The van der Waals surface area contributed by atoms with Crippen molar-refractivity contribution in [1.82, 2.24) is 4.90 Å². The summed E-state index contributed by atoms with van der Waals surface area (Å²) < 4.78 is 13.5. The second kappa shape index (κ2) is 10.6. The predicted octanol–water partition coefficient (Wildman–Crippen LogP) is 4.63. The highest BCUT2D eigenvalue weighted by Crippen LogP contribution is 2.39. The lowest BCUT2D eigenvalue weighted by atomic mass is 9.83. The smallest absolute Gasteiger partial charge is 0.332 e. The highest BCUT2D eigenvalue weighted by Gasteiger charge is 2.50. The Morgan fingerprint density at radius 3 is 2.59 bits per heavy atom. The van der Waals surface area contributed by atoms with Crippen molar-refractivity contribution in [3.8, 4) is 5.75 Å². The molecule has 2 bridgehead atoms. The molecule has 0 spiro atoms. The highest BCUT2D eigenvalue weighted by atomic mass is 32.2. The fourth-order valence-electron chi connectivity index (χ4n) is 5.98. The first kappa shape index (κ1) is 24.2. The molecule has 7 heteroatoms. The third kappa shape index (κ3) is 5.03. The summed E-state index contributed by atoms with van der Waals surface area (Å²) >= 11 is 3.65. The summed E-state index contributed by atoms with van der Waals surface area (Å²) in [7, 11) is 0. The van der Waals surface area contributed by atoms with Gasteiger partial charge in [0.15, 0.2) is 11.6 Å². The molecule has 2 atom stereocenters. The number of thiophene rings is 1. The van der Waals surface area contributed by atoms with Gasteiger partial charge in [0.2, 0.25) is 0 Å². The van der Waals surface area contributed by atoms with Crippen molar-refractivity contribution < 1.29 is 18.8 Å². The van der Waals surface area contributed by atoms with Gasteiger partial charge in [0.25, 0.3) is 0 Å². The highest BCUT2D eigenvalue weighted by molar-refractivity contribution is 7.99. The number of benzene rings is 1. The number of piperidine rings is 3. The van der Waals surface area contributed by atoms with Gasteiger partial charge in [-0.2, -0.15) is 11.8 Å². The molecule has 0 saturated carbocycles. The number of nitrogens with zero attached hydrogens (tertiary/aromatic N) is 2. The van der Waals surface area contributed by atoms with Crippen molar-refractivity contribution in [2.75, 3.05) is 57.4 Å². The van der Waals surface area contributed by atoms with E-state index in [-0.39, 0.29) is 12.1 Å². The Morgan fingerprint density at radius 1 is 1.12 bits per heavy atom. The lowest BCUT2D eigenvalue weighted by Crippen LogP contribution is -2.65. The molecule has 0 radical (unpaired) electrons. The van der Waals surface area contributed by atoms with Gasteiger partial charge in [-0.15, -0.1) is 11.3 Å². The van der Waals surface area contributed by atoms with Gasteiger partial charge in [-0.05, 0) is 30.5 Å². The van der Waals surface area contributed by atoms with Gasteiger partial charge >= 0.3 is 5.97 Å². The van der Waals surface area contributed by atoms with Gasteiger partial charge in [0.05, 0.1) is 26.2 Å². The molecule has 4 aliphatic heterocycles. The zero-order valence-corrected chi connectivity index (χ0v) is 21.8. The van der Waals surface area contributed by atoms with E-state index in [9.17, 15) is 4.79 Å². The number of thioether (sulfide) groups is 1. The fraction of sp³-hybridized carbons (Fsp3) is 0.593. The molecule has 184 valence electrons. The van der Waals surface area contributed by atoms with Crippen LogP contribution in [0.4, 0.5) is 0 Å². The first-order valence-electron chi connectivity index (χ1n) is 12.7.